The van der Waals surface area contributed by atoms with Gasteiger partial charge in [-0.15, -0.1) is 0 Å². The molecule has 0 radical (unpaired) electrons. The van der Waals surface area contributed by atoms with E-state index < -0.39 is 0 Å². The van der Waals surface area contributed by atoms with Crippen LogP contribution in [0.4, 0.5) is 0 Å². The van der Waals surface area contributed by atoms with Crippen molar-refractivity contribution >= 4 is 0 Å². The molecular weight excluding hydrogens is 164 g/mol. The molecule has 13 heavy (non-hydrogen) atoms. The molecule has 0 aliphatic carbocycles. The minimum atomic E-state index is 0.337. The maximum absolute atomic E-state index is 5.89. The molecule has 0 N–H and O–H groups in total. The van der Waals surface area contributed by atoms with Crippen molar-refractivity contribution in [2.24, 2.45) is 11.8 Å². The number of rotatable bonds is 3. The predicted molar refractivity (Wildman–Crippen MR) is 53.8 cm³/mol. The number of hydrogen-bond acceptors (Lipinski definition) is 2. The van der Waals surface area contributed by atoms with Gasteiger partial charge in [0.25, 0.3) is 0 Å². The lowest BCUT2D eigenvalue weighted by Crippen LogP contribution is -2.38. The normalized spacial score (nSPS) is 30.0. The van der Waals surface area contributed by atoms with Crippen molar-refractivity contribution in [3.63, 3.8) is 0 Å². The van der Waals surface area contributed by atoms with Gasteiger partial charge in [-0.1, -0.05) is 13.8 Å². The van der Waals surface area contributed by atoms with Crippen molar-refractivity contribution in [2.75, 3.05) is 13.2 Å². The van der Waals surface area contributed by atoms with Crippen molar-refractivity contribution in [1.29, 1.82) is 0 Å². The SMILES string of the molecule is CC(C)O[C@@H]1CCOC[C@@H]1C(C)C. The fourth-order valence-corrected chi connectivity index (χ4v) is 1.88. The third-order valence-corrected chi connectivity index (χ3v) is 2.64. The Kier molecular flexibility index (Phi) is 4.20. The maximum atomic E-state index is 5.89. The lowest BCUT2D eigenvalue weighted by atomic mass is 9.88. The van der Waals surface area contributed by atoms with Crippen LogP contribution < -0.4 is 0 Å². The first-order chi connectivity index (χ1) is 6.11. The van der Waals surface area contributed by atoms with E-state index in [9.17, 15) is 0 Å². The van der Waals surface area contributed by atoms with Crippen molar-refractivity contribution in [3.8, 4) is 0 Å². The molecule has 0 aromatic carbocycles. The van der Waals surface area contributed by atoms with E-state index in [2.05, 4.69) is 27.7 Å². The Morgan fingerprint density at radius 2 is 1.92 bits per heavy atom. The highest BCUT2D eigenvalue weighted by Gasteiger charge is 2.29. The molecule has 1 aliphatic rings. The van der Waals surface area contributed by atoms with Gasteiger partial charge in [0.1, 0.15) is 0 Å². The van der Waals surface area contributed by atoms with E-state index in [4.69, 9.17) is 9.47 Å². The summed E-state index contributed by atoms with van der Waals surface area (Å²) in [6.45, 7) is 10.4. The molecule has 0 saturated carbocycles. The lowest BCUT2D eigenvalue weighted by molar-refractivity contribution is -0.106. The van der Waals surface area contributed by atoms with Crippen LogP contribution in [-0.4, -0.2) is 25.4 Å². The molecule has 0 aromatic rings. The smallest absolute Gasteiger partial charge is 0.0653 e. The second-order valence-corrected chi connectivity index (χ2v) is 4.49. The van der Waals surface area contributed by atoms with Crippen LogP contribution in [0, 0.1) is 11.8 Å². The van der Waals surface area contributed by atoms with Gasteiger partial charge in [0.2, 0.25) is 0 Å². The van der Waals surface area contributed by atoms with E-state index >= 15 is 0 Å². The molecule has 0 unspecified atom stereocenters. The molecular formula is C11H22O2. The van der Waals surface area contributed by atoms with E-state index in [1.807, 2.05) is 0 Å². The maximum Gasteiger partial charge on any atom is 0.0653 e. The van der Waals surface area contributed by atoms with E-state index in [1.165, 1.54) is 0 Å². The lowest BCUT2D eigenvalue weighted by Gasteiger charge is -2.35. The number of ether oxygens (including phenoxy) is 2. The van der Waals surface area contributed by atoms with E-state index in [-0.39, 0.29) is 0 Å². The van der Waals surface area contributed by atoms with Crippen LogP contribution in [0.5, 0.6) is 0 Å². The summed E-state index contributed by atoms with van der Waals surface area (Å²) in [6, 6.07) is 0. The highest BCUT2D eigenvalue weighted by atomic mass is 16.5. The Hall–Kier alpha value is -0.0800. The Balaban J connectivity index is 2.46. The van der Waals surface area contributed by atoms with Gasteiger partial charge in [-0.2, -0.15) is 0 Å². The molecule has 2 heteroatoms. The van der Waals surface area contributed by atoms with E-state index in [1.54, 1.807) is 0 Å². The van der Waals surface area contributed by atoms with Crippen molar-refractivity contribution in [2.45, 2.75) is 46.3 Å². The Morgan fingerprint density at radius 1 is 1.23 bits per heavy atom. The minimum Gasteiger partial charge on any atom is -0.381 e. The first kappa shape index (κ1) is 11.0. The first-order valence-electron chi connectivity index (χ1n) is 5.34. The first-order valence-corrected chi connectivity index (χ1v) is 5.34. The van der Waals surface area contributed by atoms with Crippen LogP contribution in [0.25, 0.3) is 0 Å². The summed E-state index contributed by atoms with van der Waals surface area (Å²) in [7, 11) is 0. The van der Waals surface area contributed by atoms with Crippen LogP contribution in [-0.2, 0) is 9.47 Å². The monoisotopic (exact) mass is 186 g/mol. The average molecular weight is 186 g/mol. The highest BCUT2D eigenvalue weighted by Crippen LogP contribution is 2.25. The molecule has 0 spiro atoms. The quantitative estimate of drug-likeness (QED) is 0.674. The van der Waals surface area contributed by atoms with Crippen LogP contribution >= 0.6 is 0 Å². The van der Waals surface area contributed by atoms with Gasteiger partial charge in [-0.25, -0.2) is 0 Å². The molecule has 0 amide bonds. The van der Waals surface area contributed by atoms with Gasteiger partial charge < -0.3 is 9.47 Å². The number of hydrogen-bond donors (Lipinski definition) is 0. The third-order valence-electron chi connectivity index (χ3n) is 2.64. The zero-order chi connectivity index (χ0) is 9.84. The predicted octanol–water partition coefficient (Wildman–Crippen LogP) is 2.47. The Bertz CT molecular complexity index is 143. The fraction of sp³-hybridized carbons (Fsp3) is 1.00. The third kappa shape index (κ3) is 3.28. The van der Waals surface area contributed by atoms with Gasteiger partial charge in [0.05, 0.1) is 18.8 Å². The highest BCUT2D eigenvalue weighted by molar-refractivity contribution is 4.77. The topological polar surface area (TPSA) is 18.5 Å². The summed E-state index contributed by atoms with van der Waals surface area (Å²) in [5, 5.41) is 0. The summed E-state index contributed by atoms with van der Waals surface area (Å²) in [5.74, 6) is 1.24. The van der Waals surface area contributed by atoms with Gasteiger partial charge in [0, 0.05) is 12.5 Å². The second kappa shape index (κ2) is 4.97. The van der Waals surface area contributed by atoms with Gasteiger partial charge in [0.15, 0.2) is 0 Å². The van der Waals surface area contributed by atoms with Crippen molar-refractivity contribution in [3.05, 3.63) is 0 Å². The summed E-state index contributed by atoms with van der Waals surface area (Å²) >= 11 is 0. The zero-order valence-corrected chi connectivity index (χ0v) is 9.25. The summed E-state index contributed by atoms with van der Waals surface area (Å²) in [5.41, 5.74) is 0. The Morgan fingerprint density at radius 3 is 2.46 bits per heavy atom. The Labute approximate surface area is 81.6 Å². The summed E-state index contributed by atoms with van der Waals surface area (Å²) in [4.78, 5) is 0. The summed E-state index contributed by atoms with van der Waals surface area (Å²) < 4.78 is 11.4. The van der Waals surface area contributed by atoms with Crippen LogP contribution in [0.15, 0.2) is 0 Å². The summed E-state index contributed by atoms with van der Waals surface area (Å²) in [6.07, 6.45) is 1.80. The van der Waals surface area contributed by atoms with Crippen molar-refractivity contribution in [1.82, 2.24) is 0 Å². The van der Waals surface area contributed by atoms with Crippen LogP contribution in [0.1, 0.15) is 34.1 Å². The molecule has 1 rings (SSSR count). The van der Waals surface area contributed by atoms with E-state index in [0.29, 0.717) is 24.0 Å². The second-order valence-electron chi connectivity index (χ2n) is 4.49. The molecule has 1 fully saturated rings. The molecule has 78 valence electrons. The largest absolute Gasteiger partial charge is 0.381 e. The van der Waals surface area contributed by atoms with Gasteiger partial charge in [-0.3, -0.25) is 0 Å². The van der Waals surface area contributed by atoms with Crippen LogP contribution in [0.3, 0.4) is 0 Å². The molecule has 1 heterocycles. The molecule has 0 bridgehead atoms. The zero-order valence-electron chi connectivity index (χ0n) is 9.25. The van der Waals surface area contributed by atoms with Gasteiger partial charge in [-0.05, 0) is 26.2 Å². The molecule has 2 atom stereocenters. The van der Waals surface area contributed by atoms with E-state index in [0.717, 1.165) is 19.6 Å². The molecule has 0 aromatic heterocycles. The molecule has 1 saturated heterocycles. The molecule has 2 nitrogen and oxygen atoms in total. The van der Waals surface area contributed by atoms with Gasteiger partial charge >= 0.3 is 0 Å². The van der Waals surface area contributed by atoms with Crippen molar-refractivity contribution < 1.29 is 9.47 Å². The average Bonchev–Trinajstić information content (AvgIpc) is 2.03. The molecule has 1 aliphatic heterocycles. The standard InChI is InChI=1S/C11H22O2/c1-8(2)10-7-12-6-5-11(10)13-9(3)4/h8-11H,5-7H2,1-4H3/t10-,11-/m1/s1. The minimum absolute atomic E-state index is 0.337. The fourth-order valence-electron chi connectivity index (χ4n) is 1.88. The van der Waals surface area contributed by atoms with Crippen LogP contribution in [0.2, 0.25) is 0 Å².